The Balaban J connectivity index is 1.81. The highest BCUT2D eigenvalue weighted by Crippen LogP contribution is 2.22. The number of hydrogen-bond acceptors (Lipinski definition) is 4. The molecule has 1 aromatic heterocycles. The van der Waals surface area contributed by atoms with Crippen LogP contribution in [0.25, 0.3) is 11.5 Å². The Labute approximate surface area is 136 Å². The topological polar surface area (TPSA) is 68.0 Å². The minimum Gasteiger partial charge on any atom is -0.412 e. The molecule has 2 aromatic carbocycles. The van der Waals surface area contributed by atoms with Gasteiger partial charge in [0.2, 0.25) is 0 Å². The van der Waals surface area contributed by atoms with Crippen LogP contribution in [0.1, 0.15) is 16.2 Å². The van der Waals surface area contributed by atoms with E-state index in [0.29, 0.717) is 10.7 Å². The molecular weight excluding hydrogens is 321 g/mol. The molecule has 0 unspecified atom stereocenters. The Hall–Kier alpha value is -2.73. The third kappa shape index (κ3) is 3.22. The highest BCUT2D eigenvalue weighted by molar-refractivity contribution is 6.31. The van der Waals surface area contributed by atoms with Gasteiger partial charge in [0, 0.05) is 10.7 Å². The third-order valence-electron chi connectivity index (χ3n) is 3.15. The minimum atomic E-state index is -0.597. The van der Waals surface area contributed by atoms with E-state index in [1.54, 1.807) is 30.3 Å². The third-order valence-corrected chi connectivity index (χ3v) is 3.56. The van der Waals surface area contributed by atoms with Crippen molar-refractivity contribution in [3.8, 4) is 11.5 Å². The molecule has 3 aromatic rings. The van der Waals surface area contributed by atoms with Gasteiger partial charge in [-0.05, 0) is 36.8 Å². The fraction of sp³-hybridized carbons (Fsp3) is 0.0625. The number of amides is 1. The van der Waals surface area contributed by atoms with Crippen LogP contribution in [0.3, 0.4) is 0 Å². The molecule has 0 aliphatic heterocycles. The molecule has 0 aliphatic rings. The lowest BCUT2D eigenvalue weighted by Crippen LogP contribution is -2.12. The number of benzene rings is 2. The van der Waals surface area contributed by atoms with Crippen molar-refractivity contribution in [3.63, 3.8) is 0 Å². The van der Waals surface area contributed by atoms with Gasteiger partial charge in [0.1, 0.15) is 5.82 Å². The van der Waals surface area contributed by atoms with Gasteiger partial charge < -0.3 is 9.73 Å². The first-order chi connectivity index (χ1) is 11.0. The lowest BCUT2D eigenvalue weighted by molar-refractivity contribution is 0.0991. The lowest BCUT2D eigenvalue weighted by atomic mass is 10.2. The number of nitrogens with zero attached hydrogens (tertiary/aromatic N) is 2. The van der Waals surface area contributed by atoms with E-state index < -0.39 is 11.7 Å². The van der Waals surface area contributed by atoms with Crippen molar-refractivity contribution < 1.29 is 13.6 Å². The van der Waals surface area contributed by atoms with Gasteiger partial charge in [-0.3, -0.25) is 4.79 Å². The fourth-order valence-electron chi connectivity index (χ4n) is 1.91. The summed E-state index contributed by atoms with van der Waals surface area (Å²) in [6.45, 7) is 1.85. The molecule has 0 fully saturated rings. The molecular formula is C16H11ClFN3O2. The molecule has 1 heterocycles. The average molecular weight is 332 g/mol. The summed E-state index contributed by atoms with van der Waals surface area (Å²) in [5.41, 5.74) is 1.53. The zero-order valence-electron chi connectivity index (χ0n) is 12.0. The van der Waals surface area contributed by atoms with Gasteiger partial charge in [0.05, 0.1) is 5.56 Å². The van der Waals surface area contributed by atoms with E-state index in [4.69, 9.17) is 16.0 Å². The number of aryl methyl sites for hydroxylation is 1. The lowest BCUT2D eigenvalue weighted by Gasteiger charge is -2.04. The van der Waals surface area contributed by atoms with Crippen molar-refractivity contribution in [2.45, 2.75) is 6.92 Å². The predicted molar refractivity (Wildman–Crippen MR) is 83.8 cm³/mol. The number of nitrogens with one attached hydrogen (secondary N) is 1. The second kappa shape index (κ2) is 6.18. The van der Waals surface area contributed by atoms with Gasteiger partial charge in [-0.25, -0.2) is 4.39 Å². The number of aromatic nitrogens is 2. The van der Waals surface area contributed by atoms with Crippen molar-refractivity contribution >= 4 is 23.2 Å². The van der Waals surface area contributed by atoms with Gasteiger partial charge >= 0.3 is 11.8 Å². The molecule has 0 spiro atoms. The summed E-state index contributed by atoms with van der Waals surface area (Å²) >= 11 is 6.00. The maximum atomic E-state index is 13.7. The molecule has 23 heavy (non-hydrogen) atoms. The smallest absolute Gasteiger partial charge is 0.313 e. The Morgan fingerprint density at radius 1 is 1.22 bits per heavy atom. The monoisotopic (exact) mass is 331 g/mol. The summed E-state index contributed by atoms with van der Waals surface area (Å²) in [4.78, 5) is 12.1. The first-order valence-corrected chi connectivity index (χ1v) is 7.08. The van der Waals surface area contributed by atoms with E-state index in [1.807, 2.05) is 6.92 Å². The quantitative estimate of drug-likeness (QED) is 0.785. The molecule has 1 N–H and O–H groups in total. The molecule has 0 saturated carbocycles. The molecule has 0 atom stereocenters. The average Bonchev–Trinajstić information content (AvgIpc) is 3.01. The normalized spacial score (nSPS) is 10.6. The molecule has 0 saturated heterocycles. The maximum absolute atomic E-state index is 13.7. The van der Waals surface area contributed by atoms with E-state index in [9.17, 15) is 9.18 Å². The van der Waals surface area contributed by atoms with Gasteiger partial charge in [-0.1, -0.05) is 29.8 Å². The van der Waals surface area contributed by atoms with Crippen molar-refractivity contribution in [1.29, 1.82) is 0 Å². The van der Waals surface area contributed by atoms with Crippen LogP contribution < -0.4 is 5.32 Å². The highest BCUT2D eigenvalue weighted by Gasteiger charge is 2.18. The van der Waals surface area contributed by atoms with Crippen LogP contribution in [0.5, 0.6) is 0 Å². The van der Waals surface area contributed by atoms with Crippen molar-refractivity contribution in [2.24, 2.45) is 0 Å². The first kappa shape index (κ1) is 15.2. The number of halogens is 2. The number of rotatable bonds is 3. The van der Waals surface area contributed by atoms with E-state index in [-0.39, 0.29) is 17.3 Å². The molecule has 5 nitrogen and oxygen atoms in total. The number of carbonyl (C=O) groups excluding carboxylic acids is 1. The Morgan fingerprint density at radius 2 is 2.00 bits per heavy atom. The SMILES string of the molecule is Cc1ccc(NC(=O)c2nnc(-c3ccccc3F)o2)cc1Cl. The maximum Gasteiger partial charge on any atom is 0.313 e. The van der Waals surface area contributed by atoms with Gasteiger partial charge in [0.15, 0.2) is 0 Å². The number of carbonyl (C=O) groups is 1. The molecule has 0 radical (unpaired) electrons. The summed E-state index contributed by atoms with van der Waals surface area (Å²) in [6.07, 6.45) is 0. The molecule has 7 heteroatoms. The zero-order valence-corrected chi connectivity index (χ0v) is 12.8. The molecule has 1 amide bonds. The van der Waals surface area contributed by atoms with Crippen LogP contribution in [0.4, 0.5) is 10.1 Å². The second-order valence-corrected chi connectivity index (χ2v) is 5.22. The Bertz CT molecular complexity index is 879. The molecule has 0 aliphatic carbocycles. The van der Waals surface area contributed by atoms with E-state index >= 15 is 0 Å². The first-order valence-electron chi connectivity index (χ1n) is 6.70. The van der Waals surface area contributed by atoms with Crippen LogP contribution >= 0.6 is 11.6 Å². The number of anilines is 1. The van der Waals surface area contributed by atoms with Gasteiger partial charge in [-0.2, -0.15) is 0 Å². The van der Waals surface area contributed by atoms with Crippen LogP contribution in [-0.2, 0) is 0 Å². The molecule has 116 valence electrons. The van der Waals surface area contributed by atoms with Crippen LogP contribution in [0.2, 0.25) is 5.02 Å². The summed E-state index contributed by atoms with van der Waals surface area (Å²) < 4.78 is 18.9. The predicted octanol–water partition coefficient (Wildman–Crippen LogP) is 4.09. The summed E-state index contributed by atoms with van der Waals surface area (Å²) in [5, 5.41) is 10.5. The molecule has 0 bridgehead atoms. The Kier molecular flexibility index (Phi) is 4.08. The van der Waals surface area contributed by atoms with Crippen molar-refractivity contribution in [1.82, 2.24) is 10.2 Å². The van der Waals surface area contributed by atoms with E-state index in [2.05, 4.69) is 15.5 Å². The van der Waals surface area contributed by atoms with Gasteiger partial charge in [0.25, 0.3) is 5.89 Å². The van der Waals surface area contributed by atoms with Crippen LogP contribution in [0, 0.1) is 12.7 Å². The van der Waals surface area contributed by atoms with Crippen molar-refractivity contribution in [3.05, 3.63) is 64.8 Å². The molecule has 3 rings (SSSR count). The number of hydrogen-bond donors (Lipinski definition) is 1. The van der Waals surface area contributed by atoms with E-state index in [1.165, 1.54) is 12.1 Å². The standard InChI is InChI=1S/C16H11ClFN3O2/c1-9-6-7-10(8-12(9)17)19-14(22)16-21-20-15(23-16)11-4-2-3-5-13(11)18/h2-8H,1H3,(H,19,22). The second-order valence-electron chi connectivity index (χ2n) is 4.81. The van der Waals surface area contributed by atoms with Crippen molar-refractivity contribution in [2.75, 3.05) is 5.32 Å². The van der Waals surface area contributed by atoms with Crippen LogP contribution in [0.15, 0.2) is 46.9 Å². The fourth-order valence-corrected chi connectivity index (χ4v) is 2.09. The van der Waals surface area contributed by atoms with Crippen LogP contribution in [-0.4, -0.2) is 16.1 Å². The summed E-state index contributed by atoms with van der Waals surface area (Å²) in [7, 11) is 0. The largest absolute Gasteiger partial charge is 0.412 e. The van der Waals surface area contributed by atoms with E-state index in [0.717, 1.165) is 5.56 Å². The zero-order chi connectivity index (χ0) is 16.4. The van der Waals surface area contributed by atoms with Gasteiger partial charge in [-0.15, -0.1) is 10.2 Å². The minimum absolute atomic E-state index is 0.0600. The summed E-state index contributed by atoms with van der Waals surface area (Å²) in [5.74, 6) is -1.43. The summed E-state index contributed by atoms with van der Waals surface area (Å²) in [6, 6.07) is 11.0. The highest BCUT2D eigenvalue weighted by atomic mass is 35.5. The Morgan fingerprint density at radius 3 is 2.74 bits per heavy atom.